The highest BCUT2D eigenvalue weighted by atomic mass is 31.1. The Morgan fingerprint density at radius 1 is 0.889 bits per heavy atom. The Balaban J connectivity index is 2.09. The van der Waals surface area contributed by atoms with Crippen molar-refractivity contribution >= 4 is 26.8 Å². The van der Waals surface area contributed by atoms with Crippen molar-refractivity contribution in [3.8, 4) is 0 Å². The summed E-state index contributed by atoms with van der Waals surface area (Å²) in [4.78, 5) is 0. The zero-order chi connectivity index (χ0) is 19.8. The molecule has 0 aliphatic heterocycles. The molecular weight excluding hydrogens is 370 g/mol. The van der Waals surface area contributed by atoms with Gasteiger partial charge in [0, 0.05) is 5.66 Å². The lowest BCUT2D eigenvalue weighted by molar-refractivity contribution is 0.593. The van der Waals surface area contributed by atoms with Gasteiger partial charge in [-0.3, -0.25) is 0 Å². The summed E-state index contributed by atoms with van der Waals surface area (Å²) in [6.45, 7) is 16.9. The van der Waals surface area contributed by atoms with E-state index in [2.05, 4.69) is 72.8 Å². The second kappa shape index (κ2) is 7.73. The van der Waals surface area contributed by atoms with Crippen LogP contribution in [0.25, 0.3) is 0 Å². The molecule has 2 aromatic rings. The maximum atomic E-state index is 5.87. The van der Waals surface area contributed by atoms with Crippen LogP contribution in [0.4, 0.5) is 0 Å². The average molecular weight is 402 g/mol. The second-order valence-electron chi connectivity index (χ2n) is 9.13. The van der Waals surface area contributed by atoms with Gasteiger partial charge in [-0.25, -0.2) is 0 Å². The van der Waals surface area contributed by atoms with Crippen LogP contribution in [0.2, 0.25) is 0 Å². The zero-order valence-corrected chi connectivity index (χ0v) is 19.4. The van der Waals surface area contributed by atoms with E-state index in [1.165, 1.54) is 10.9 Å². The summed E-state index contributed by atoms with van der Waals surface area (Å²) in [6.07, 6.45) is 9.23. The number of furan rings is 2. The summed E-state index contributed by atoms with van der Waals surface area (Å²) >= 11 is 0. The van der Waals surface area contributed by atoms with E-state index in [1.54, 1.807) is 12.5 Å². The van der Waals surface area contributed by atoms with Crippen LogP contribution in [0.1, 0.15) is 54.9 Å². The number of hydrogen-bond acceptors (Lipinski definition) is 2. The van der Waals surface area contributed by atoms with E-state index in [0.29, 0.717) is 16.0 Å². The molecule has 1 aliphatic carbocycles. The van der Waals surface area contributed by atoms with Crippen LogP contribution in [-0.4, -0.2) is 16.0 Å². The molecule has 0 saturated heterocycles. The molecule has 27 heavy (non-hydrogen) atoms. The maximum Gasteiger partial charge on any atom is 0.137 e. The van der Waals surface area contributed by atoms with Crippen molar-refractivity contribution in [3.05, 3.63) is 59.8 Å². The van der Waals surface area contributed by atoms with Crippen molar-refractivity contribution in [2.75, 3.05) is 0 Å². The highest BCUT2D eigenvalue weighted by molar-refractivity contribution is 7.76. The first-order chi connectivity index (χ1) is 12.6. The molecule has 0 amide bonds. The molecule has 0 aromatic carbocycles. The lowest BCUT2D eigenvalue weighted by atomic mass is 10.2. The Hall–Kier alpha value is -1.10. The van der Waals surface area contributed by atoms with Gasteiger partial charge in [0.2, 0.25) is 0 Å². The Labute approximate surface area is 166 Å². The summed E-state index contributed by atoms with van der Waals surface area (Å²) in [6, 6.07) is 8.16. The fraction of sp³-hybridized carbons (Fsp3) is 0.478. The van der Waals surface area contributed by atoms with E-state index in [9.17, 15) is 0 Å². The lowest BCUT2D eigenvalue weighted by Crippen LogP contribution is -2.31. The first-order valence-electron chi connectivity index (χ1n) is 9.67. The highest BCUT2D eigenvalue weighted by Crippen LogP contribution is 2.65. The van der Waals surface area contributed by atoms with Crippen LogP contribution in [0.3, 0.4) is 0 Å². The largest absolute Gasteiger partial charge is 0.464 e. The monoisotopic (exact) mass is 402 g/mol. The quantitative estimate of drug-likeness (QED) is 0.504. The summed E-state index contributed by atoms with van der Waals surface area (Å²) in [5, 5.41) is 2.07. The van der Waals surface area contributed by atoms with Crippen molar-refractivity contribution in [3.63, 3.8) is 0 Å². The SMILES string of the molecule is CC(C1=C(P(c2ccco2)c2ccco2)CC=C1)P(C(C)(C)C)C(C)(C)C. The van der Waals surface area contributed by atoms with Crippen molar-refractivity contribution in [2.45, 2.75) is 70.9 Å². The fourth-order valence-electron chi connectivity index (χ4n) is 4.59. The van der Waals surface area contributed by atoms with E-state index in [-0.39, 0.29) is 7.92 Å². The van der Waals surface area contributed by atoms with E-state index in [0.717, 1.165) is 17.4 Å². The molecule has 1 unspecified atom stereocenters. The minimum atomic E-state index is -0.752. The van der Waals surface area contributed by atoms with E-state index in [4.69, 9.17) is 8.83 Å². The first-order valence-corrected chi connectivity index (χ1v) is 12.4. The zero-order valence-electron chi connectivity index (χ0n) is 17.6. The Bertz CT molecular complexity index is 751. The van der Waals surface area contributed by atoms with Crippen molar-refractivity contribution in [1.29, 1.82) is 0 Å². The minimum Gasteiger partial charge on any atom is -0.464 e. The molecule has 2 nitrogen and oxygen atoms in total. The molecule has 1 atom stereocenters. The minimum absolute atomic E-state index is 0.241. The van der Waals surface area contributed by atoms with Gasteiger partial charge in [0.25, 0.3) is 0 Å². The average Bonchev–Trinajstić information content (AvgIpc) is 3.28. The van der Waals surface area contributed by atoms with Gasteiger partial charge >= 0.3 is 0 Å². The third kappa shape index (κ3) is 4.33. The molecular formula is C23H32O2P2. The molecule has 2 aromatic heterocycles. The fourth-order valence-corrected chi connectivity index (χ4v) is 11.9. The topological polar surface area (TPSA) is 26.3 Å². The highest BCUT2D eigenvalue weighted by Gasteiger charge is 2.41. The molecule has 0 fully saturated rings. The Morgan fingerprint density at radius 3 is 1.81 bits per heavy atom. The van der Waals surface area contributed by atoms with Crippen molar-refractivity contribution in [1.82, 2.24) is 0 Å². The van der Waals surface area contributed by atoms with Gasteiger partial charge in [0.1, 0.15) is 11.0 Å². The molecule has 4 heteroatoms. The van der Waals surface area contributed by atoms with Crippen LogP contribution in [0.5, 0.6) is 0 Å². The van der Waals surface area contributed by atoms with Gasteiger partial charge in [-0.1, -0.05) is 68.5 Å². The van der Waals surface area contributed by atoms with Gasteiger partial charge in [0.05, 0.1) is 20.4 Å². The second-order valence-corrected chi connectivity index (χ2v) is 15.4. The summed E-state index contributed by atoms with van der Waals surface area (Å²) in [7, 11) is -0.993. The molecule has 0 radical (unpaired) electrons. The summed E-state index contributed by atoms with van der Waals surface area (Å²) in [5.41, 5.74) is 4.09. The predicted octanol–water partition coefficient (Wildman–Crippen LogP) is 6.99. The molecule has 0 bridgehead atoms. The van der Waals surface area contributed by atoms with Gasteiger partial charge in [-0.15, -0.1) is 0 Å². The van der Waals surface area contributed by atoms with Crippen molar-refractivity contribution < 1.29 is 8.83 Å². The third-order valence-electron chi connectivity index (χ3n) is 4.95. The van der Waals surface area contributed by atoms with Gasteiger partial charge < -0.3 is 8.83 Å². The molecule has 2 heterocycles. The molecule has 3 rings (SSSR count). The molecule has 1 aliphatic rings. The van der Waals surface area contributed by atoms with Gasteiger partial charge in [-0.2, -0.15) is 0 Å². The maximum absolute atomic E-state index is 5.87. The van der Waals surface area contributed by atoms with E-state index in [1.807, 2.05) is 12.1 Å². The van der Waals surface area contributed by atoms with Crippen LogP contribution in [-0.2, 0) is 0 Å². The Morgan fingerprint density at radius 2 is 1.41 bits per heavy atom. The molecule has 0 N–H and O–H groups in total. The Kier molecular flexibility index (Phi) is 5.90. The third-order valence-corrected chi connectivity index (χ3v) is 11.3. The number of rotatable bonds is 5. The van der Waals surface area contributed by atoms with Crippen LogP contribution >= 0.6 is 15.8 Å². The van der Waals surface area contributed by atoms with E-state index < -0.39 is 7.92 Å². The molecule has 0 saturated carbocycles. The lowest BCUT2D eigenvalue weighted by Gasteiger charge is -2.46. The summed E-state index contributed by atoms with van der Waals surface area (Å²) in [5.74, 6) is 0. The van der Waals surface area contributed by atoms with Crippen LogP contribution in [0, 0.1) is 0 Å². The van der Waals surface area contributed by atoms with Gasteiger partial charge in [0.15, 0.2) is 0 Å². The van der Waals surface area contributed by atoms with E-state index >= 15 is 0 Å². The number of hydrogen-bond donors (Lipinski definition) is 0. The predicted molar refractivity (Wildman–Crippen MR) is 120 cm³/mol. The standard InChI is InChI=1S/C23H32O2P2/c1-17(27(22(2,3)4)23(5,6)7)18-11-8-12-19(18)26(20-13-9-15-24-20)21-14-10-16-25-21/h8-11,13-17H,12H2,1-7H3. The first kappa shape index (κ1) is 20.6. The normalized spacial score (nSPS) is 16.8. The smallest absolute Gasteiger partial charge is 0.137 e. The molecule has 146 valence electrons. The van der Waals surface area contributed by atoms with Crippen LogP contribution < -0.4 is 11.0 Å². The summed E-state index contributed by atoms with van der Waals surface area (Å²) < 4.78 is 11.7. The molecule has 0 spiro atoms. The van der Waals surface area contributed by atoms with Crippen LogP contribution in [0.15, 0.2) is 68.7 Å². The van der Waals surface area contributed by atoms with Crippen molar-refractivity contribution in [2.24, 2.45) is 0 Å². The number of allylic oxidation sites excluding steroid dienone is 4. The van der Waals surface area contributed by atoms with Gasteiger partial charge in [-0.05, 0) is 51.9 Å².